The number of carboxylic acids is 6. The monoisotopic (exact) mass is 554 g/mol. The predicted molar refractivity (Wildman–Crippen MR) is 30.0 cm³/mol. The van der Waals surface area contributed by atoms with E-state index in [0.29, 0.717) is 0 Å². The molecule has 12 nitrogen and oxygen atoms in total. The van der Waals surface area contributed by atoms with Crippen LogP contribution in [0, 0.1) is 80.8 Å². The van der Waals surface area contributed by atoms with Gasteiger partial charge in [0.05, 0.1) is 35.8 Å². The summed E-state index contributed by atoms with van der Waals surface area (Å²) in [7, 11) is 0. The van der Waals surface area contributed by atoms with Gasteiger partial charge in [-0.2, -0.15) is 0 Å². The first-order chi connectivity index (χ1) is 7.93. The molecule has 0 rings (SSSR count). The van der Waals surface area contributed by atoms with Crippen LogP contribution >= 0.6 is 0 Å². The standard InChI is InChI=1S/3C2H2O4.2Pm/c3*3-1(4)2(5)6;;/h3*(H,3,4)(H,5,6);;/q;;;2*+3/p-6. The average molecular weight is 554 g/mol. The van der Waals surface area contributed by atoms with Gasteiger partial charge in [0.2, 0.25) is 0 Å². The summed E-state index contributed by atoms with van der Waals surface area (Å²) in [6.45, 7) is 0. The summed E-state index contributed by atoms with van der Waals surface area (Å²) in [5.41, 5.74) is 0. The van der Waals surface area contributed by atoms with Crippen molar-refractivity contribution in [2.75, 3.05) is 0 Å². The van der Waals surface area contributed by atoms with Gasteiger partial charge in [0.15, 0.2) is 0 Å². The molecule has 0 aromatic carbocycles. The molecule has 0 N–H and O–H groups in total. The molecule has 0 aliphatic heterocycles. The SMILES string of the molecule is O=C([O-])C(=O)[O-].O=C([O-])C(=O)[O-].O=C([O-])C(=O)[O-].[Pm+3].[Pm+3]. The molecule has 0 saturated carbocycles. The molecule has 0 spiro atoms. The van der Waals surface area contributed by atoms with E-state index in [4.69, 9.17) is 59.4 Å². The number of carboxylic acid groups (broad SMARTS) is 6. The average Bonchev–Trinajstić information content (AvgIpc) is 2.18. The molecule has 0 bridgehead atoms. The maximum absolute atomic E-state index is 8.93. The van der Waals surface area contributed by atoms with E-state index in [0.717, 1.165) is 0 Å². The summed E-state index contributed by atoms with van der Waals surface area (Å²) in [5.74, 6) is -13.1. The van der Waals surface area contributed by atoms with E-state index in [9.17, 15) is 0 Å². The quantitative estimate of drug-likeness (QED) is 0.254. The van der Waals surface area contributed by atoms with Crippen LogP contribution in [0.2, 0.25) is 0 Å². The first-order valence-corrected chi connectivity index (χ1v) is 3.20. The summed E-state index contributed by atoms with van der Waals surface area (Å²) in [4.78, 5) is 53.6. The second kappa shape index (κ2) is 18.5. The molecule has 0 unspecified atom stereocenters. The Balaban J connectivity index is -0.0000000536. The third-order valence-corrected chi connectivity index (χ3v) is 0.500. The zero-order valence-electron chi connectivity index (χ0n) is 8.79. The van der Waals surface area contributed by atoms with E-state index in [1.165, 1.54) is 0 Å². The molecule has 0 radical (unpaired) electrons. The van der Waals surface area contributed by atoms with Gasteiger partial charge in [-0.3, -0.25) is 0 Å². The van der Waals surface area contributed by atoms with Crippen LogP contribution in [0.3, 0.4) is 0 Å². The molecule has 0 saturated heterocycles. The van der Waals surface area contributed by atoms with Crippen LogP contribution in [0.25, 0.3) is 0 Å². The Labute approximate surface area is 174 Å². The number of hydrogen-bond donors (Lipinski definition) is 0. The second-order valence-corrected chi connectivity index (χ2v) is 1.72. The van der Waals surface area contributed by atoms with Gasteiger partial charge >= 0.3 is 80.8 Å². The van der Waals surface area contributed by atoms with Crippen molar-refractivity contribution < 1.29 is 140 Å². The molecule has 0 fully saturated rings. The fraction of sp³-hybridized carbons (Fsp3) is 0. The van der Waals surface area contributed by atoms with Gasteiger partial charge in [0, 0.05) is 0 Å². The van der Waals surface area contributed by atoms with Crippen molar-refractivity contribution in [1.29, 1.82) is 0 Å². The summed E-state index contributed by atoms with van der Waals surface area (Å²) < 4.78 is 0. The van der Waals surface area contributed by atoms with Crippen LogP contribution in [0.5, 0.6) is 0 Å². The third-order valence-electron chi connectivity index (χ3n) is 0.500. The van der Waals surface area contributed by atoms with Gasteiger partial charge in [-0.05, 0) is 0 Å². The van der Waals surface area contributed by atoms with Gasteiger partial charge < -0.3 is 59.4 Å². The first-order valence-electron chi connectivity index (χ1n) is 3.20. The maximum Gasteiger partial charge on any atom is 3.00 e. The Morgan fingerprint density at radius 2 is 0.400 bits per heavy atom. The molecule has 14 heteroatoms. The number of carbonyl (C=O) groups is 6. The zero-order valence-corrected chi connectivity index (χ0v) is 14.5. The minimum atomic E-state index is -2.19. The van der Waals surface area contributed by atoms with Crippen molar-refractivity contribution >= 4 is 35.8 Å². The number of carbonyl (C=O) groups excluding carboxylic acids is 6. The molecule has 0 aromatic heterocycles. The minimum absolute atomic E-state index is 0. The fourth-order valence-electron chi connectivity index (χ4n) is 0. The van der Waals surface area contributed by atoms with Gasteiger partial charge in [-0.25, -0.2) is 0 Å². The molecule has 0 atom stereocenters. The van der Waals surface area contributed by atoms with Crippen LogP contribution in [0.15, 0.2) is 0 Å². The van der Waals surface area contributed by atoms with Gasteiger partial charge in [0.1, 0.15) is 0 Å². The number of hydrogen-bond acceptors (Lipinski definition) is 12. The Kier molecular flexibility index (Phi) is 29.4. The molecule has 0 aliphatic rings. The predicted octanol–water partition coefficient (Wildman–Crippen LogP) is -10.5. The zero-order chi connectivity index (χ0) is 15.5. The third kappa shape index (κ3) is 36.0. The van der Waals surface area contributed by atoms with Crippen molar-refractivity contribution in [1.82, 2.24) is 0 Å². The van der Waals surface area contributed by atoms with E-state index in [-0.39, 0.29) is 80.8 Å². The van der Waals surface area contributed by atoms with Crippen LogP contribution in [-0.2, 0) is 28.8 Å². The van der Waals surface area contributed by atoms with Crippen LogP contribution < -0.4 is 30.6 Å². The van der Waals surface area contributed by atoms with Crippen LogP contribution in [0.1, 0.15) is 0 Å². The Morgan fingerprint density at radius 1 is 0.350 bits per heavy atom. The molecule has 0 heterocycles. The smallest absolute Gasteiger partial charge is 0.543 e. The second-order valence-electron chi connectivity index (χ2n) is 1.72. The molecule has 106 valence electrons. The summed E-state index contributed by atoms with van der Waals surface area (Å²) >= 11 is 0. The number of aliphatic carboxylic acids is 6. The summed E-state index contributed by atoms with van der Waals surface area (Å²) in [5, 5.41) is 53.6. The van der Waals surface area contributed by atoms with E-state index >= 15 is 0 Å². The fourth-order valence-corrected chi connectivity index (χ4v) is 0. The number of rotatable bonds is 0. The molecule has 0 aliphatic carbocycles. The van der Waals surface area contributed by atoms with Crippen molar-refractivity contribution in [2.45, 2.75) is 0 Å². The first kappa shape index (κ1) is 31.7. The van der Waals surface area contributed by atoms with Crippen LogP contribution in [-0.4, -0.2) is 35.8 Å². The molecule has 0 aromatic rings. The van der Waals surface area contributed by atoms with Crippen molar-refractivity contribution in [3.05, 3.63) is 0 Å². The van der Waals surface area contributed by atoms with Crippen LogP contribution in [0.4, 0.5) is 0 Å². The molecular formula is C6O12Pm2. The van der Waals surface area contributed by atoms with Crippen molar-refractivity contribution in [3.63, 3.8) is 0 Å². The summed E-state index contributed by atoms with van der Waals surface area (Å²) in [6.07, 6.45) is 0. The Hall–Kier alpha value is -0.505. The van der Waals surface area contributed by atoms with Gasteiger partial charge in [-0.1, -0.05) is 0 Å². The molecular weight excluding hydrogens is 554 g/mol. The van der Waals surface area contributed by atoms with E-state index in [2.05, 4.69) is 0 Å². The van der Waals surface area contributed by atoms with E-state index < -0.39 is 35.8 Å². The van der Waals surface area contributed by atoms with Crippen molar-refractivity contribution in [2.24, 2.45) is 0 Å². The topological polar surface area (TPSA) is 241 Å². The largest absolute Gasteiger partial charge is 3.00 e. The minimum Gasteiger partial charge on any atom is -0.543 e. The van der Waals surface area contributed by atoms with E-state index in [1.54, 1.807) is 0 Å². The van der Waals surface area contributed by atoms with Crippen molar-refractivity contribution in [3.8, 4) is 0 Å². The van der Waals surface area contributed by atoms with Gasteiger partial charge in [0.25, 0.3) is 0 Å². The molecule has 20 heavy (non-hydrogen) atoms. The normalized spacial score (nSPS) is 6.60. The maximum atomic E-state index is 8.93. The Bertz CT molecular complexity index is 281. The van der Waals surface area contributed by atoms with Gasteiger partial charge in [-0.15, -0.1) is 0 Å². The molecule has 0 amide bonds. The summed E-state index contributed by atoms with van der Waals surface area (Å²) in [6, 6.07) is 0. The Morgan fingerprint density at radius 3 is 0.400 bits per heavy atom. The van der Waals surface area contributed by atoms with E-state index in [1.807, 2.05) is 0 Å².